The second kappa shape index (κ2) is 13.4. The van der Waals surface area contributed by atoms with E-state index in [1.54, 1.807) is 0 Å². The van der Waals surface area contributed by atoms with Crippen molar-refractivity contribution in [3.63, 3.8) is 0 Å². The molecular formula is C26H48O4. The number of carbonyl (C=O) groups excluding carboxylic acids is 2. The molecule has 0 aromatic carbocycles. The van der Waals surface area contributed by atoms with Gasteiger partial charge in [-0.1, -0.05) is 54.4 Å². The molecule has 0 unspecified atom stereocenters. The Balaban J connectivity index is 2.14. The average molecular weight is 425 g/mol. The van der Waals surface area contributed by atoms with Crippen LogP contribution < -0.4 is 0 Å². The number of carbonyl (C=O) groups is 2. The molecule has 0 aliphatic heterocycles. The van der Waals surface area contributed by atoms with E-state index in [-0.39, 0.29) is 23.8 Å². The van der Waals surface area contributed by atoms with Crippen molar-refractivity contribution in [2.24, 2.45) is 22.7 Å². The third-order valence-corrected chi connectivity index (χ3v) is 7.29. The van der Waals surface area contributed by atoms with Crippen LogP contribution in [0.5, 0.6) is 0 Å². The van der Waals surface area contributed by atoms with Crippen LogP contribution in [-0.2, 0) is 19.1 Å². The number of hydrogen-bond donors (Lipinski definition) is 0. The molecule has 4 heteroatoms. The minimum absolute atomic E-state index is 0.0441. The van der Waals surface area contributed by atoms with Crippen molar-refractivity contribution in [2.45, 2.75) is 119 Å². The van der Waals surface area contributed by atoms with Crippen molar-refractivity contribution in [1.29, 1.82) is 0 Å². The molecule has 1 aliphatic carbocycles. The van der Waals surface area contributed by atoms with Crippen LogP contribution in [0.3, 0.4) is 0 Å². The van der Waals surface area contributed by atoms with Crippen molar-refractivity contribution in [2.75, 3.05) is 13.2 Å². The van der Waals surface area contributed by atoms with Crippen LogP contribution in [0.15, 0.2) is 0 Å². The van der Waals surface area contributed by atoms with Gasteiger partial charge in [0, 0.05) is 0 Å². The minimum atomic E-state index is -0.0740. The van der Waals surface area contributed by atoms with Gasteiger partial charge < -0.3 is 9.47 Å². The summed E-state index contributed by atoms with van der Waals surface area (Å²) in [7, 11) is 0. The van der Waals surface area contributed by atoms with Gasteiger partial charge in [-0.2, -0.15) is 0 Å². The summed E-state index contributed by atoms with van der Waals surface area (Å²) in [5, 5.41) is 0. The molecule has 0 atom stereocenters. The smallest absolute Gasteiger partial charge is 0.308 e. The van der Waals surface area contributed by atoms with Crippen LogP contribution in [0.4, 0.5) is 0 Å². The minimum Gasteiger partial charge on any atom is -0.465 e. The Hall–Kier alpha value is -1.06. The Labute approximate surface area is 185 Å². The predicted octanol–water partition coefficient (Wildman–Crippen LogP) is 7.09. The van der Waals surface area contributed by atoms with Gasteiger partial charge in [0.2, 0.25) is 0 Å². The maximum Gasteiger partial charge on any atom is 0.308 e. The highest BCUT2D eigenvalue weighted by atomic mass is 16.5. The van der Waals surface area contributed by atoms with Crippen LogP contribution in [0.2, 0.25) is 0 Å². The van der Waals surface area contributed by atoms with Crippen molar-refractivity contribution in [3.8, 4) is 0 Å². The molecule has 1 saturated carbocycles. The standard InChI is InChI=1S/C26H48O4/c1-7-25(3,4)17-9-11-19-29-23(27)21-13-15-22(16-14-21)24(28)30-20-12-10-18-26(5,6)8-2/h21-22H,7-20H2,1-6H3. The van der Waals surface area contributed by atoms with Crippen LogP contribution in [0.25, 0.3) is 0 Å². The molecule has 0 aromatic heterocycles. The fraction of sp³-hybridized carbons (Fsp3) is 0.923. The zero-order valence-corrected chi connectivity index (χ0v) is 20.7. The van der Waals surface area contributed by atoms with Crippen molar-refractivity contribution < 1.29 is 19.1 Å². The normalized spacial score (nSPS) is 20.1. The maximum absolute atomic E-state index is 12.3. The van der Waals surface area contributed by atoms with Crippen LogP contribution >= 0.6 is 0 Å². The molecule has 0 bridgehead atoms. The first-order chi connectivity index (χ1) is 14.1. The largest absolute Gasteiger partial charge is 0.465 e. The lowest BCUT2D eigenvalue weighted by Gasteiger charge is -2.26. The van der Waals surface area contributed by atoms with E-state index in [2.05, 4.69) is 41.5 Å². The van der Waals surface area contributed by atoms with Crippen LogP contribution in [0.1, 0.15) is 119 Å². The molecule has 0 aromatic rings. The molecule has 0 spiro atoms. The molecule has 176 valence electrons. The van der Waals surface area contributed by atoms with Crippen LogP contribution in [0, 0.1) is 22.7 Å². The number of ether oxygens (including phenoxy) is 2. The highest BCUT2D eigenvalue weighted by Gasteiger charge is 2.31. The van der Waals surface area contributed by atoms with Gasteiger partial charge in [-0.15, -0.1) is 0 Å². The van der Waals surface area contributed by atoms with E-state index < -0.39 is 0 Å². The summed E-state index contributed by atoms with van der Waals surface area (Å²) in [6.45, 7) is 14.6. The van der Waals surface area contributed by atoms with Crippen molar-refractivity contribution >= 4 is 11.9 Å². The van der Waals surface area contributed by atoms with Crippen LogP contribution in [-0.4, -0.2) is 25.2 Å². The topological polar surface area (TPSA) is 52.6 Å². The molecule has 30 heavy (non-hydrogen) atoms. The third kappa shape index (κ3) is 10.8. The lowest BCUT2D eigenvalue weighted by Crippen LogP contribution is -2.28. The highest BCUT2D eigenvalue weighted by Crippen LogP contribution is 2.31. The summed E-state index contributed by atoms with van der Waals surface area (Å²) in [6, 6.07) is 0. The van der Waals surface area contributed by atoms with Crippen molar-refractivity contribution in [1.82, 2.24) is 0 Å². The number of unbranched alkanes of at least 4 members (excludes halogenated alkanes) is 2. The van der Waals surface area contributed by atoms with Gasteiger partial charge in [0.05, 0.1) is 25.0 Å². The van der Waals surface area contributed by atoms with E-state index in [1.165, 1.54) is 25.7 Å². The SMILES string of the molecule is CCC(C)(C)CCCCOC(=O)C1CCC(C(=O)OCCCCC(C)(C)CC)CC1. The van der Waals surface area contributed by atoms with E-state index >= 15 is 0 Å². The average Bonchev–Trinajstić information content (AvgIpc) is 2.73. The zero-order chi connectivity index (χ0) is 22.6. The summed E-state index contributed by atoms with van der Waals surface area (Å²) >= 11 is 0. The summed E-state index contributed by atoms with van der Waals surface area (Å²) in [6.07, 6.45) is 11.7. The Morgan fingerprint density at radius 1 is 0.667 bits per heavy atom. The first kappa shape index (κ1) is 27.0. The van der Waals surface area contributed by atoms with Gasteiger partial charge in [0.1, 0.15) is 0 Å². The second-order valence-corrected chi connectivity index (χ2v) is 10.8. The molecule has 1 aliphatic rings. The van der Waals surface area contributed by atoms with Crippen molar-refractivity contribution in [3.05, 3.63) is 0 Å². The van der Waals surface area contributed by atoms with E-state index in [4.69, 9.17) is 9.47 Å². The molecule has 1 fully saturated rings. The van der Waals surface area contributed by atoms with Gasteiger partial charge in [-0.3, -0.25) is 9.59 Å². The first-order valence-corrected chi connectivity index (χ1v) is 12.4. The van der Waals surface area contributed by atoms with E-state index in [0.717, 1.165) is 51.4 Å². The van der Waals surface area contributed by atoms with Gasteiger partial charge in [-0.25, -0.2) is 0 Å². The Bertz CT molecular complexity index is 455. The van der Waals surface area contributed by atoms with Gasteiger partial charge in [-0.05, 0) is 75.0 Å². The molecule has 4 nitrogen and oxygen atoms in total. The van der Waals surface area contributed by atoms with Gasteiger partial charge in [0.25, 0.3) is 0 Å². The highest BCUT2D eigenvalue weighted by molar-refractivity contribution is 5.75. The summed E-state index contributed by atoms with van der Waals surface area (Å²) < 4.78 is 11.0. The molecule has 0 radical (unpaired) electrons. The summed E-state index contributed by atoms with van der Waals surface area (Å²) in [4.78, 5) is 24.6. The lowest BCUT2D eigenvalue weighted by molar-refractivity contribution is -0.155. The Morgan fingerprint density at radius 2 is 1.00 bits per heavy atom. The summed E-state index contributed by atoms with van der Waals surface area (Å²) in [5.74, 6) is -0.236. The third-order valence-electron chi connectivity index (χ3n) is 7.29. The second-order valence-electron chi connectivity index (χ2n) is 10.8. The van der Waals surface area contributed by atoms with Gasteiger partial charge >= 0.3 is 11.9 Å². The van der Waals surface area contributed by atoms with E-state index in [1.807, 2.05) is 0 Å². The van der Waals surface area contributed by atoms with E-state index in [0.29, 0.717) is 24.0 Å². The molecule has 1 rings (SSSR count). The monoisotopic (exact) mass is 424 g/mol. The zero-order valence-electron chi connectivity index (χ0n) is 20.7. The lowest BCUT2D eigenvalue weighted by atomic mass is 9.82. The number of esters is 2. The Morgan fingerprint density at radius 3 is 1.30 bits per heavy atom. The quantitative estimate of drug-likeness (QED) is 0.220. The molecule has 0 heterocycles. The summed E-state index contributed by atoms with van der Waals surface area (Å²) in [5.41, 5.74) is 0.756. The fourth-order valence-electron chi connectivity index (χ4n) is 3.91. The van der Waals surface area contributed by atoms with Gasteiger partial charge in [0.15, 0.2) is 0 Å². The predicted molar refractivity (Wildman–Crippen MR) is 123 cm³/mol. The molecule has 0 saturated heterocycles. The number of hydrogen-bond acceptors (Lipinski definition) is 4. The first-order valence-electron chi connectivity index (χ1n) is 12.4. The fourth-order valence-corrected chi connectivity index (χ4v) is 3.91. The molecule has 0 N–H and O–H groups in total. The number of rotatable bonds is 14. The molecular weight excluding hydrogens is 376 g/mol. The maximum atomic E-state index is 12.3. The molecule has 0 amide bonds. The van der Waals surface area contributed by atoms with E-state index in [9.17, 15) is 9.59 Å². The Kier molecular flexibility index (Phi) is 12.0.